The summed E-state index contributed by atoms with van der Waals surface area (Å²) in [6.07, 6.45) is -0.851. The van der Waals surface area contributed by atoms with Gasteiger partial charge in [-0.05, 0) is 82.6 Å². The van der Waals surface area contributed by atoms with E-state index < -0.39 is 23.9 Å². The number of carboxylic acids is 4. The van der Waals surface area contributed by atoms with E-state index >= 15 is 0 Å². The van der Waals surface area contributed by atoms with Crippen molar-refractivity contribution in [3.8, 4) is 63.8 Å². The topological polar surface area (TPSA) is 189 Å². The zero-order valence-electron chi connectivity index (χ0n) is 26.0. The van der Waals surface area contributed by atoms with Crippen molar-refractivity contribution in [3.05, 3.63) is 93.7 Å². The number of aliphatic carboxylic acids is 4. The van der Waals surface area contributed by atoms with E-state index in [4.69, 9.17) is 13.3 Å². The third kappa shape index (κ3) is 7.23. The summed E-state index contributed by atoms with van der Waals surface area (Å²) in [6.45, 7) is 0. The van der Waals surface area contributed by atoms with Crippen LogP contribution >= 0.6 is 45.3 Å². The Bertz CT molecular complexity index is 2260. The van der Waals surface area contributed by atoms with Gasteiger partial charge in [-0.1, -0.05) is 0 Å². The van der Waals surface area contributed by atoms with Gasteiger partial charge in [0.15, 0.2) is 23.0 Å². The fourth-order valence-electron chi connectivity index (χ4n) is 5.58. The van der Waals surface area contributed by atoms with Crippen molar-refractivity contribution in [1.82, 2.24) is 0 Å². The molecule has 11 nitrogen and oxygen atoms in total. The van der Waals surface area contributed by atoms with Gasteiger partial charge in [0.25, 0.3) is 0 Å². The zero-order chi connectivity index (χ0) is 35.8. The van der Waals surface area contributed by atoms with Crippen molar-refractivity contribution >= 4 is 69.2 Å². The smallest absolute Gasteiger partial charge is 0.307 e. The highest BCUT2D eigenvalue weighted by Crippen LogP contribution is 2.45. The van der Waals surface area contributed by atoms with E-state index in [1.807, 2.05) is 35.0 Å². The normalized spacial score (nSPS) is 11.3. The van der Waals surface area contributed by atoms with Crippen LogP contribution in [-0.4, -0.2) is 44.3 Å². The molecule has 0 aliphatic rings. The number of hydrogen-bond donors (Lipinski definition) is 4. The Morgan fingerprint density at radius 3 is 1.22 bits per heavy atom. The molecule has 51 heavy (non-hydrogen) atoms. The Hall–Kier alpha value is -5.48. The van der Waals surface area contributed by atoms with Gasteiger partial charge in [-0.3, -0.25) is 19.2 Å². The van der Waals surface area contributed by atoms with Crippen LogP contribution in [0.5, 0.6) is 0 Å². The first-order valence-electron chi connectivity index (χ1n) is 15.1. The largest absolute Gasteiger partial charge is 0.481 e. The number of rotatable bonds is 14. The van der Waals surface area contributed by atoms with Gasteiger partial charge in [0.1, 0.15) is 11.5 Å². The van der Waals surface area contributed by atoms with Crippen LogP contribution in [0.4, 0.5) is 0 Å². The molecule has 0 radical (unpaired) electrons. The van der Waals surface area contributed by atoms with Crippen molar-refractivity contribution in [2.45, 2.75) is 25.7 Å². The molecule has 7 rings (SSSR count). The van der Waals surface area contributed by atoms with Crippen LogP contribution in [0.15, 0.2) is 84.7 Å². The van der Waals surface area contributed by atoms with Gasteiger partial charge >= 0.3 is 23.9 Å². The van der Waals surface area contributed by atoms with Gasteiger partial charge in [0.05, 0.1) is 35.4 Å². The van der Waals surface area contributed by atoms with E-state index in [-0.39, 0.29) is 37.2 Å². The van der Waals surface area contributed by atoms with Crippen molar-refractivity contribution in [2.75, 3.05) is 0 Å². The molecule has 0 fully saturated rings. The Labute approximate surface area is 303 Å². The molecule has 0 unspecified atom stereocenters. The molecule has 4 N–H and O–H groups in total. The summed E-state index contributed by atoms with van der Waals surface area (Å²) >= 11 is 5.57. The van der Waals surface area contributed by atoms with Crippen LogP contribution in [-0.2, 0) is 44.9 Å². The van der Waals surface area contributed by atoms with Crippen LogP contribution in [0.3, 0.4) is 0 Å². The quantitative estimate of drug-likeness (QED) is 0.0827. The molecule has 7 aromatic rings. The monoisotopic (exact) mass is 760 g/mol. The van der Waals surface area contributed by atoms with Crippen LogP contribution in [0, 0.1) is 0 Å². The number of hydrogen-bond acceptors (Lipinski definition) is 11. The molecular formula is C36H24O11S4. The molecule has 0 amide bonds. The van der Waals surface area contributed by atoms with Gasteiger partial charge in [-0.2, -0.15) is 0 Å². The van der Waals surface area contributed by atoms with E-state index in [0.717, 1.165) is 19.5 Å². The molecule has 0 aliphatic carbocycles. The van der Waals surface area contributed by atoms with Crippen molar-refractivity contribution in [1.29, 1.82) is 0 Å². The molecule has 7 aromatic heterocycles. The number of thiophene rings is 4. The second-order valence-corrected chi connectivity index (χ2v) is 15.3. The first-order chi connectivity index (χ1) is 24.5. The number of carbonyl (C=O) groups is 4. The van der Waals surface area contributed by atoms with E-state index in [1.165, 1.54) is 45.3 Å². The van der Waals surface area contributed by atoms with Crippen molar-refractivity contribution in [3.63, 3.8) is 0 Å². The van der Waals surface area contributed by atoms with Gasteiger partial charge in [0.2, 0.25) is 0 Å². The highest BCUT2D eigenvalue weighted by molar-refractivity contribution is 7.24. The molecular weight excluding hydrogens is 737 g/mol. The van der Waals surface area contributed by atoms with Crippen molar-refractivity contribution < 1.29 is 52.9 Å². The molecule has 0 saturated carbocycles. The average molecular weight is 761 g/mol. The Balaban J connectivity index is 1.20. The second-order valence-electron chi connectivity index (χ2n) is 11.3. The fraction of sp³-hybridized carbons (Fsp3) is 0.111. The molecule has 0 aromatic carbocycles. The second kappa shape index (κ2) is 14.0. The molecule has 258 valence electrons. The van der Waals surface area contributed by atoms with E-state index in [1.54, 1.807) is 36.4 Å². The molecule has 7 heterocycles. The minimum Gasteiger partial charge on any atom is -0.481 e. The number of furan rings is 3. The summed E-state index contributed by atoms with van der Waals surface area (Å²) in [5.74, 6) is -2.12. The molecule has 0 bridgehead atoms. The van der Waals surface area contributed by atoms with Crippen LogP contribution in [0.25, 0.3) is 63.8 Å². The third-order valence-electron chi connectivity index (χ3n) is 7.68. The predicted octanol–water partition coefficient (Wildman–Crippen LogP) is 9.22. The maximum absolute atomic E-state index is 11.8. The van der Waals surface area contributed by atoms with Gasteiger partial charge in [-0.15, -0.1) is 45.3 Å². The molecule has 0 atom stereocenters. The average Bonchev–Trinajstić information content (AvgIpc) is 3.89. The van der Waals surface area contributed by atoms with Crippen LogP contribution in [0.1, 0.15) is 22.3 Å². The minimum atomic E-state index is -1.05. The Kier molecular flexibility index (Phi) is 9.35. The Morgan fingerprint density at radius 2 is 0.824 bits per heavy atom. The summed E-state index contributed by atoms with van der Waals surface area (Å²) < 4.78 is 18.5. The third-order valence-corrected chi connectivity index (χ3v) is 12.1. The van der Waals surface area contributed by atoms with Crippen LogP contribution < -0.4 is 0 Å². The summed E-state index contributed by atoms with van der Waals surface area (Å²) in [5.41, 5.74) is 2.23. The van der Waals surface area contributed by atoms with E-state index in [2.05, 4.69) is 0 Å². The molecule has 15 heteroatoms. The zero-order valence-corrected chi connectivity index (χ0v) is 29.3. The standard InChI is InChI=1S/C36H24O11S4/c37-29(38)13-17-7-9-48-35(17)27-5-3-25(50-27)33-19(15-31(41)42)11-23(46-33)21-1-2-22(45-21)24-12-20(16-32(43)44)34(47-24)26-4-6-28(51-26)36-18(8-10-49-36)14-30(39)40/h1-12H,13-16H2,(H,37,38)(H,39,40)(H,41,42)(H,43,44). The lowest BCUT2D eigenvalue weighted by Crippen LogP contribution is -1.99. The first-order valence-corrected chi connectivity index (χ1v) is 18.5. The number of carboxylic acid groups (broad SMARTS) is 4. The summed E-state index contributed by atoms with van der Waals surface area (Å²) in [4.78, 5) is 50.9. The lowest BCUT2D eigenvalue weighted by Gasteiger charge is -1.99. The maximum atomic E-state index is 11.8. The maximum Gasteiger partial charge on any atom is 0.307 e. The van der Waals surface area contributed by atoms with Gasteiger partial charge in [-0.25, -0.2) is 0 Å². The SMILES string of the molecule is O=C(O)Cc1cc(-c2ccc(-c3cc(CC(=O)O)c(-c4ccc(-c5sccc5CC(=O)O)s4)o3)o2)oc1-c1ccc(-c2sccc2CC(=O)O)s1. The lowest BCUT2D eigenvalue weighted by atomic mass is 10.1. The summed E-state index contributed by atoms with van der Waals surface area (Å²) in [7, 11) is 0. The summed E-state index contributed by atoms with van der Waals surface area (Å²) in [5, 5.41) is 41.5. The lowest BCUT2D eigenvalue weighted by molar-refractivity contribution is -0.137. The molecule has 0 saturated heterocycles. The highest BCUT2D eigenvalue weighted by atomic mass is 32.1. The molecule has 0 spiro atoms. The highest BCUT2D eigenvalue weighted by Gasteiger charge is 2.24. The summed E-state index contributed by atoms with van der Waals surface area (Å²) in [6, 6.07) is 17.4. The fourth-order valence-corrected chi connectivity index (χ4v) is 9.80. The predicted molar refractivity (Wildman–Crippen MR) is 193 cm³/mol. The van der Waals surface area contributed by atoms with Crippen molar-refractivity contribution in [2.24, 2.45) is 0 Å². The van der Waals surface area contributed by atoms with E-state index in [0.29, 0.717) is 55.0 Å². The minimum absolute atomic E-state index is 0.115. The first kappa shape index (κ1) is 34.0. The van der Waals surface area contributed by atoms with Crippen LogP contribution in [0.2, 0.25) is 0 Å². The molecule has 0 aliphatic heterocycles. The van der Waals surface area contributed by atoms with E-state index in [9.17, 15) is 39.6 Å². The Morgan fingerprint density at radius 1 is 0.451 bits per heavy atom. The van der Waals surface area contributed by atoms with Gasteiger partial charge in [0, 0.05) is 30.6 Å². The van der Waals surface area contributed by atoms with Gasteiger partial charge < -0.3 is 33.7 Å².